The Balaban J connectivity index is 2.52. The van der Waals surface area contributed by atoms with Crippen LogP contribution in [-0.2, 0) is 10.0 Å². The van der Waals surface area contributed by atoms with Gasteiger partial charge in [-0.2, -0.15) is 0 Å². The Morgan fingerprint density at radius 3 is 2.48 bits per heavy atom. The molecule has 2 aromatic rings. The van der Waals surface area contributed by atoms with Crippen LogP contribution in [0.3, 0.4) is 0 Å². The van der Waals surface area contributed by atoms with Crippen LogP contribution in [0.5, 0.6) is 5.75 Å². The third kappa shape index (κ3) is 3.87. The maximum absolute atomic E-state index is 12.5. The van der Waals surface area contributed by atoms with Crippen molar-refractivity contribution in [2.75, 3.05) is 11.8 Å². The van der Waals surface area contributed by atoms with E-state index in [0.717, 1.165) is 6.07 Å². The predicted molar refractivity (Wildman–Crippen MR) is 87.2 cm³/mol. The Kier molecular flexibility index (Phi) is 5.03. The number of hydrogen-bond acceptors (Lipinski definition) is 4. The van der Waals surface area contributed by atoms with E-state index in [2.05, 4.69) is 4.72 Å². The second kappa shape index (κ2) is 6.66. The normalized spacial score (nSPS) is 11.1. The summed E-state index contributed by atoms with van der Waals surface area (Å²) in [5.74, 6) is -1.26. The molecule has 6 nitrogen and oxygen atoms in total. The zero-order valence-electron chi connectivity index (χ0n) is 11.7. The summed E-state index contributed by atoms with van der Waals surface area (Å²) < 4.78 is 32.3. The van der Waals surface area contributed by atoms with Crippen molar-refractivity contribution >= 4 is 44.9 Å². The topological polar surface area (TPSA) is 92.7 Å². The molecule has 0 aromatic heterocycles. The molecule has 0 bridgehead atoms. The van der Waals surface area contributed by atoms with Gasteiger partial charge in [-0.3, -0.25) is 4.72 Å². The van der Waals surface area contributed by atoms with Gasteiger partial charge in [0.15, 0.2) is 0 Å². The number of carboxylic acid groups (broad SMARTS) is 1. The number of carboxylic acids is 1. The van der Waals surface area contributed by atoms with E-state index in [9.17, 15) is 13.2 Å². The van der Waals surface area contributed by atoms with Gasteiger partial charge in [0.2, 0.25) is 0 Å². The zero-order chi connectivity index (χ0) is 17.2. The predicted octanol–water partition coefficient (Wildman–Crippen LogP) is 3.50. The molecule has 0 saturated carbocycles. The first-order valence-corrected chi connectivity index (χ1v) is 8.37. The van der Waals surface area contributed by atoms with Crippen LogP contribution < -0.4 is 9.46 Å². The first kappa shape index (κ1) is 17.4. The minimum absolute atomic E-state index is 0.000602. The van der Waals surface area contributed by atoms with Gasteiger partial charge in [0.1, 0.15) is 10.6 Å². The summed E-state index contributed by atoms with van der Waals surface area (Å²) in [5.41, 5.74) is -0.120. The van der Waals surface area contributed by atoms with Crippen LogP contribution in [0, 0.1) is 0 Å². The van der Waals surface area contributed by atoms with Crippen molar-refractivity contribution in [2.45, 2.75) is 4.90 Å². The van der Waals surface area contributed by atoms with Crippen LogP contribution in [0.4, 0.5) is 5.69 Å². The number of hydrogen-bond donors (Lipinski definition) is 2. The minimum Gasteiger partial charge on any atom is -0.495 e. The number of ether oxygens (including phenoxy) is 1. The molecule has 0 aliphatic rings. The molecule has 0 unspecified atom stereocenters. The van der Waals surface area contributed by atoms with Gasteiger partial charge in [-0.25, -0.2) is 13.2 Å². The lowest BCUT2D eigenvalue weighted by Gasteiger charge is -2.13. The quantitative estimate of drug-likeness (QED) is 0.833. The maximum Gasteiger partial charge on any atom is 0.335 e. The SMILES string of the molecule is COc1ccc(C(=O)O)cc1S(=O)(=O)Nc1cc(Cl)ccc1Cl. The largest absolute Gasteiger partial charge is 0.495 e. The van der Waals surface area contributed by atoms with Crippen molar-refractivity contribution in [3.8, 4) is 5.75 Å². The fraction of sp³-hybridized carbons (Fsp3) is 0.0714. The minimum atomic E-state index is -4.13. The molecule has 0 atom stereocenters. The number of halogens is 2. The van der Waals surface area contributed by atoms with Gasteiger partial charge >= 0.3 is 5.97 Å². The van der Waals surface area contributed by atoms with E-state index in [0.29, 0.717) is 5.02 Å². The van der Waals surface area contributed by atoms with E-state index in [1.54, 1.807) is 0 Å². The molecule has 0 aliphatic carbocycles. The third-order valence-corrected chi connectivity index (χ3v) is 4.82. The molecule has 0 aliphatic heterocycles. The number of rotatable bonds is 5. The van der Waals surface area contributed by atoms with Crippen molar-refractivity contribution in [3.63, 3.8) is 0 Å². The highest BCUT2D eigenvalue weighted by Crippen LogP contribution is 2.31. The van der Waals surface area contributed by atoms with E-state index in [1.807, 2.05) is 0 Å². The summed E-state index contributed by atoms with van der Waals surface area (Å²) in [6.45, 7) is 0. The van der Waals surface area contributed by atoms with Crippen LogP contribution >= 0.6 is 23.2 Å². The number of methoxy groups -OCH3 is 1. The first-order valence-electron chi connectivity index (χ1n) is 6.14. The Bertz CT molecular complexity index is 867. The Morgan fingerprint density at radius 2 is 1.87 bits per heavy atom. The molecule has 2 rings (SSSR count). The monoisotopic (exact) mass is 375 g/mol. The van der Waals surface area contributed by atoms with Crippen molar-refractivity contribution in [1.82, 2.24) is 0 Å². The van der Waals surface area contributed by atoms with Gasteiger partial charge in [-0.15, -0.1) is 0 Å². The number of anilines is 1. The van der Waals surface area contributed by atoms with E-state index >= 15 is 0 Å². The average molecular weight is 376 g/mol. The fourth-order valence-electron chi connectivity index (χ4n) is 1.80. The van der Waals surface area contributed by atoms with E-state index in [4.69, 9.17) is 33.0 Å². The van der Waals surface area contributed by atoms with Crippen molar-refractivity contribution in [1.29, 1.82) is 0 Å². The molecule has 2 aromatic carbocycles. The summed E-state index contributed by atoms with van der Waals surface area (Å²) in [5, 5.41) is 9.45. The van der Waals surface area contributed by atoms with E-state index in [1.165, 1.54) is 37.4 Å². The summed E-state index contributed by atoms with van der Waals surface area (Å²) in [7, 11) is -2.85. The molecule has 122 valence electrons. The van der Waals surface area contributed by atoms with Crippen molar-refractivity contribution in [2.24, 2.45) is 0 Å². The van der Waals surface area contributed by atoms with Gasteiger partial charge < -0.3 is 9.84 Å². The van der Waals surface area contributed by atoms with Gasteiger partial charge in [0.25, 0.3) is 10.0 Å². The molecule has 23 heavy (non-hydrogen) atoms. The molecular weight excluding hydrogens is 365 g/mol. The van der Waals surface area contributed by atoms with Crippen LogP contribution in [0.2, 0.25) is 10.0 Å². The average Bonchev–Trinajstić information content (AvgIpc) is 2.50. The molecule has 0 spiro atoms. The second-order valence-corrected chi connectivity index (χ2v) is 6.89. The Morgan fingerprint density at radius 1 is 1.17 bits per heavy atom. The maximum atomic E-state index is 12.5. The fourth-order valence-corrected chi connectivity index (χ4v) is 3.45. The molecule has 0 radical (unpaired) electrons. The number of sulfonamides is 1. The smallest absolute Gasteiger partial charge is 0.335 e. The second-order valence-electron chi connectivity index (χ2n) is 4.40. The molecule has 0 saturated heterocycles. The lowest BCUT2D eigenvalue weighted by atomic mass is 10.2. The van der Waals surface area contributed by atoms with Gasteiger partial charge in [-0.1, -0.05) is 23.2 Å². The highest BCUT2D eigenvalue weighted by atomic mass is 35.5. The van der Waals surface area contributed by atoms with Crippen LogP contribution in [0.15, 0.2) is 41.3 Å². The highest BCUT2D eigenvalue weighted by molar-refractivity contribution is 7.92. The summed E-state index contributed by atoms with van der Waals surface area (Å²) >= 11 is 11.8. The zero-order valence-corrected chi connectivity index (χ0v) is 14.0. The molecule has 0 amide bonds. The number of aromatic carboxylic acids is 1. The highest BCUT2D eigenvalue weighted by Gasteiger charge is 2.22. The number of benzene rings is 2. The molecule has 0 fully saturated rings. The molecule has 0 heterocycles. The number of carbonyl (C=O) groups is 1. The van der Waals surface area contributed by atoms with Crippen LogP contribution in [0.25, 0.3) is 0 Å². The third-order valence-electron chi connectivity index (χ3n) is 2.87. The van der Waals surface area contributed by atoms with E-state index in [-0.39, 0.29) is 26.9 Å². The van der Waals surface area contributed by atoms with Gasteiger partial charge in [-0.05, 0) is 36.4 Å². The van der Waals surface area contributed by atoms with Crippen molar-refractivity contribution in [3.05, 3.63) is 52.0 Å². The van der Waals surface area contributed by atoms with Crippen LogP contribution in [0.1, 0.15) is 10.4 Å². The molecule has 2 N–H and O–H groups in total. The van der Waals surface area contributed by atoms with Crippen LogP contribution in [-0.4, -0.2) is 26.6 Å². The van der Waals surface area contributed by atoms with Crippen molar-refractivity contribution < 1.29 is 23.1 Å². The summed E-state index contributed by atoms with van der Waals surface area (Å²) in [6.07, 6.45) is 0. The summed E-state index contributed by atoms with van der Waals surface area (Å²) in [6, 6.07) is 7.79. The molecule has 9 heteroatoms. The van der Waals surface area contributed by atoms with E-state index < -0.39 is 16.0 Å². The lowest BCUT2D eigenvalue weighted by Crippen LogP contribution is -2.15. The lowest BCUT2D eigenvalue weighted by molar-refractivity contribution is 0.0696. The number of nitrogens with one attached hydrogen (secondary N) is 1. The molecular formula is C14H11Cl2NO5S. The van der Waals surface area contributed by atoms with Gasteiger partial charge in [0, 0.05) is 5.02 Å². The Hall–Kier alpha value is -1.96. The summed E-state index contributed by atoms with van der Waals surface area (Å²) in [4.78, 5) is 10.7. The Labute approximate surface area is 142 Å². The first-order chi connectivity index (χ1) is 10.7. The standard InChI is InChI=1S/C14H11Cl2NO5S/c1-22-12-5-2-8(14(18)19)6-13(12)23(20,21)17-11-7-9(15)3-4-10(11)16/h2-7,17H,1H3,(H,18,19). The van der Waals surface area contributed by atoms with Gasteiger partial charge in [0.05, 0.1) is 23.4 Å².